The van der Waals surface area contributed by atoms with Crippen molar-refractivity contribution >= 4 is 22.7 Å². The average Bonchev–Trinajstić information content (AvgIpc) is 2.70. The second-order valence-electron chi connectivity index (χ2n) is 7.57. The molecule has 0 aliphatic heterocycles. The van der Waals surface area contributed by atoms with Gasteiger partial charge in [-0.05, 0) is 61.3 Å². The van der Waals surface area contributed by atoms with Gasteiger partial charge in [-0.1, -0.05) is 25.0 Å². The number of hydrogen-bond donors (Lipinski definition) is 1. The number of rotatable bonds is 4. The third kappa shape index (κ3) is 3.71. The number of aromatic nitrogens is 3. The van der Waals surface area contributed by atoms with Crippen molar-refractivity contribution in [1.82, 2.24) is 14.5 Å². The number of hydrogen-bond acceptors (Lipinski definition) is 5. The van der Waals surface area contributed by atoms with Crippen LogP contribution in [0.2, 0.25) is 0 Å². The van der Waals surface area contributed by atoms with Gasteiger partial charge in [0.1, 0.15) is 0 Å². The quantitative estimate of drug-likeness (QED) is 0.679. The maximum atomic E-state index is 13.2. The number of pyridine rings is 1. The number of benzene rings is 1. The maximum Gasteiger partial charge on any atom is 0.261 e. The molecule has 146 valence electrons. The Bertz CT molecular complexity index is 1050. The van der Waals surface area contributed by atoms with E-state index in [9.17, 15) is 9.90 Å². The smallest absolute Gasteiger partial charge is 0.261 e. The highest BCUT2D eigenvalue weighted by Crippen LogP contribution is 2.28. The first-order valence-electron chi connectivity index (χ1n) is 9.74. The lowest BCUT2D eigenvalue weighted by atomic mass is 9.92. The van der Waals surface area contributed by atoms with Crippen LogP contribution >= 0.6 is 11.8 Å². The Morgan fingerprint density at radius 2 is 2.00 bits per heavy atom. The summed E-state index contributed by atoms with van der Waals surface area (Å²) in [4.78, 5) is 22.2. The van der Waals surface area contributed by atoms with E-state index in [1.54, 1.807) is 22.7 Å². The van der Waals surface area contributed by atoms with Crippen LogP contribution in [0.3, 0.4) is 0 Å². The number of thioether (sulfide) groups is 1. The first kappa shape index (κ1) is 19.2. The second-order valence-corrected chi connectivity index (χ2v) is 8.40. The Hall–Kier alpha value is -2.18. The third-order valence-electron chi connectivity index (χ3n) is 5.60. The van der Waals surface area contributed by atoms with E-state index in [0.717, 1.165) is 59.3 Å². The molecule has 0 unspecified atom stereocenters. The first-order chi connectivity index (χ1) is 13.6. The zero-order valence-corrected chi connectivity index (χ0v) is 17.1. The first-order valence-corrected chi connectivity index (χ1v) is 11.0. The molecule has 28 heavy (non-hydrogen) atoms. The number of aryl methyl sites for hydroxylation is 1. The third-order valence-corrected chi connectivity index (χ3v) is 6.26. The van der Waals surface area contributed by atoms with Crippen LogP contribution in [0.25, 0.3) is 10.9 Å². The predicted octanol–water partition coefficient (Wildman–Crippen LogP) is 3.89. The summed E-state index contributed by atoms with van der Waals surface area (Å²) in [5.74, 6) is 0. The summed E-state index contributed by atoms with van der Waals surface area (Å²) in [6, 6.07) is 7.97. The summed E-state index contributed by atoms with van der Waals surface area (Å²) in [5, 5.41) is 12.0. The standard InChI is InChI=1S/C22H25N3O2S/c1-14-9-16(10-15-7-8-20(28-2)23-12-15)11-17-21(14)24-13-25(22(17)27)18-5-3-4-6-19(18)26/h7-9,11-13,18-19,26H,3-6,10H2,1-2H3/t18-,19-/m0/s1. The second kappa shape index (κ2) is 8.05. The number of fused-ring (bicyclic) bond motifs is 1. The van der Waals surface area contributed by atoms with E-state index in [0.29, 0.717) is 5.39 Å². The molecule has 2 heterocycles. The number of aliphatic hydroxyl groups is 1. The number of nitrogens with zero attached hydrogens (tertiary/aromatic N) is 3. The van der Waals surface area contributed by atoms with Crippen LogP contribution in [-0.2, 0) is 6.42 Å². The fraction of sp³-hybridized carbons (Fsp3) is 0.409. The Labute approximate surface area is 168 Å². The topological polar surface area (TPSA) is 68.0 Å². The van der Waals surface area contributed by atoms with E-state index in [1.165, 1.54) is 0 Å². The zero-order chi connectivity index (χ0) is 19.7. The zero-order valence-electron chi connectivity index (χ0n) is 16.3. The monoisotopic (exact) mass is 395 g/mol. The van der Waals surface area contributed by atoms with Gasteiger partial charge < -0.3 is 5.11 Å². The molecule has 2 atom stereocenters. The molecule has 0 spiro atoms. The molecule has 0 radical (unpaired) electrons. The van der Waals surface area contributed by atoms with Crippen molar-refractivity contribution in [3.8, 4) is 0 Å². The lowest BCUT2D eigenvalue weighted by Crippen LogP contribution is -2.34. The number of aliphatic hydroxyl groups excluding tert-OH is 1. The van der Waals surface area contributed by atoms with Crippen LogP contribution < -0.4 is 5.56 Å². The van der Waals surface area contributed by atoms with Gasteiger partial charge in [0.05, 0.1) is 34.4 Å². The summed E-state index contributed by atoms with van der Waals surface area (Å²) in [7, 11) is 0. The Morgan fingerprint density at radius 3 is 2.71 bits per heavy atom. The van der Waals surface area contributed by atoms with E-state index >= 15 is 0 Å². The van der Waals surface area contributed by atoms with E-state index in [1.807, 2.05) is 31.5 Å². The van der Waals surface area contributed by atoms with Gasteiger partial charge in [-0.15, -0.1) is 11.8 Å². The maximum absolute atomic E-state index is 13.2. The lowest BCUT2D eigenvalue weighted by Gasteiger charge is -2.29. The fourth-order valence-electron chi connectivity index (χ4n) is 4.13. The van der Waals surface area contributed by atoms with Crippen LogP contribution in [0.1, 0.15) is 48.4 Å². The molecule has 0 bridgehead atoms. The van der Waals surface area contributed by atoms with E-state index in [2.05, 4.69) is 22.1 Å². The van der Waals surface area contributed by atoms with Crippen LogP contribution in [0, 0.1) is 6.92 Å². The largest absolute Gasteiger partial charge is 0.391 e. The molecule has 1 saturated carbocycles. The molecule has 2 aromatic heterocycles. The summed E-state index contributed by atoms with van der Waals surface area (Å²) >= 11 is 1.62. The molecule has 4 rings (SSSR count). The molecule has 1 fully saturated rings. The molecular weight excluding hydrogens is 370 g/mol. The Kier molecular flexibility index (Phi) is 5.51. The van der Waals surface area contributed by atoms with Gasteiger partial charge in [0.25, 0.3) is 5.56 Å². The van der Waals surface area contributed by atoms with Crippen molar-refractivity contribution in [2.45, 2.75) is 56.2 Å². The average molecular weight is 396 g/mol. The van der Waals surface area contributed by atoms with Gasteiger partial charge in [0.15, 0.2) is 0 Å². The summed E-state index contributed by atoms with van der Waals surface area (Å²) < 4.78 is 1.64. The molecule has 1 aromatic carbocycles. The van der Waals surface area contributed by atoms with Crippen LogP contribution in [-0.4, -0.2) is 32.0 Å². The van der Waals surface area contributed by atoms with Gasteiger partial charge in [0.2, 0.25) is 0 Å². The molecule has 5 nitrogen and oxygen atoms in total. The van der Waals surface area contributed by atoms with Gasteiger partial charge in [-0.3, -0.25) is 9.36 Å². The molecule has 1 aliphatic rings. The molecule has 3 aromatic rings. The van der Waals surface area contributed by atoms with Crippen molar-refractivity contribution in [2.24, 2.45) is 0 Å². The Balaban J connectivity index is 1.73. The molecule has 1 N–H and O–H groups in total. The minimum Gasteiger partial charge on any atom is -0.391 e. The minimum absolute atomic E-state index is 0.0586. The highest BCUT2D eigenvalue weighted by molar-refractivity contribution is 7.98. The van der Waals surface area contributed by atoms with Gasteiger partial charge >= 0.3 is 0 Å². The van der Waals surface area contributed by atoms with Crippen molar-refractivity contribution in [3.05, 3.63) is 63.8 Å². The summed E-state index contributed by atoms with van der Waals surface area (Å²) in [6.07, 6.45) is 9.37. The van der Waals surface area contributed by atoms with Crippen LogP contribution in [0.4, 0.5) is 0 Å². The summed E-state index contributed by atoms with van der Waals surface area (Å²) in [5.41, 5.74) is 3.87. The predicted molar refractivity (Wildman–Crippen MR) is 113 cm³/mol. The molecule has 6 heteroatoms. The van der Waals surface area contributed by atoms with Gasteiger partial charge in [0, 0.05) is 6.20 Å². The van der Waals surface area contributed by atoms with Gasteiger partial charge in [-0.2, -0.15) is 0 Å². The van der Waals surface area contributed by atoms with Crippen LogP contribution in [0.15, 0.2) is 46.6 Å². The molecule has 1 aliphatic carbocycles. The highest BCUT2D eigenvalue weighted by Gasteiger charge is 2.26. The minimum atomic E-state index is -0.476. The molecule has 0 amide bonds. The van der Waals surface area contributed by atoms with Gasteiger partial charge in [-0.25, -0.2) is 9.97 Å². The van der Waals surface area contributed by atoms with Crippen LogP contribution in [0.5, 0.6) is 0 Å². The highest BCUT2D eigenvalue weighted by atomic mass is 32.2. The van der Waals surface area contributed by atoms with Crippen molar-refractivity contribution < 1.29 is 5.11 Å². The fourth-order valence-corrected chi connectivity index (χ4v) is 4.49. The Morgan fingerprint density at radius 1 is 1.18 bits per heavy atom. The van der Waals surface area contributed by atoms with E-state index in [4.69, 9.17) is 0 Å². The molecule has 0 saturated heterocycles. The van der Waals surface area contributed by atoms with E-state index < -0.39 is 6.10 Å². The molecular formula is C22H25N3O2S. The van der Waals surface area contributed by atoms with Crippen molar-refractivity contribution in [1.29, 1.82) is 0 Å². The van der Waals surface area contributed by atoms with E-state index in [-0.39, 0.29) is 11.6 Å². The lowest BCUT2D eigenvalue weighted by molar-refractivity contribution is 0.0735. The SMILES string of the molecule is CSc1ccc(Cc2cc(C)c3ncn([C@H]4CCCC[C@@H]4O)c(=O)c3c2)cn1. The summed E-state index contributed by atoms with van der Waals surface area (Å²) in [6.45, 7) is 1.99. The normalized spacial score (nSPS) is 19.8. The van der Waals surface area contributed by atoms with Crippen molar-refractivity contribution in [3.63, 3.8) is 0 Å². The van der Waals surface area contributed by atoms with Crippen molar-refractivity contribution in [2.75, 3.05) is 6.26 Å².